The number of nitrogens with zero attached hydrogens (tertiary/aromatic N) is 1. The van der Waals surface area contributed by atoms with Crippen LogP contribution < -0.4 is 0 Å². The third kappa shape index (κ3) is 7.96. The van der Waals surface area contributed by atoms with Gasteiger partial charge in [-0.2, -0.15) is 4.39 Å². The Morgan fingerprint density at radius 2 is 2.09 bits per heavy atom. The maximum atomic E-state index is 12.2. The quantitative estimate of drug-likeness (QED) is 0.582. The molecule has 1 N–H and O–H groups in total. The van der Waals surface area contributed by atoms with Crippen LogP contribution in [0.5, 0.6) is 0 Å². The molecule has 11 heavy (non-hydrogen) atoms. The van der Waals surface area contributed by atoms with Crippen LogP contribution >= 0.6 is 35.1 Å². The Balaban J connectivity index is 0. The highest BCUT2D eigenvalue weighted by atomic mass is 35.5. The molecule has 0 heterocycles. The van der Waals surface area contributed by atoms with Gasteiger partial charge < -0.3 is 5.11 Å². The van der Waals surface area contributed by atoms with Crippen LogP contribution in [0.15, 0.2) is 0 Å². The molecule has 68 valence electrons. The lowest BCUT2D eigenvalue weighted by Gasteiger charge is -2.14. The molecule has 0 fully saturated rings. The highest BCUT2D eigenvalue weighted by Crippen LogP contribution is 2.37. The first-order valence-corrected chi connectivity index (χ1v) is 3.58. The summed E-state index contributed by atoms with van der Waals surface area (Å²) >= 11 is 9.82. The molecule has 0 radical (unpaired) electrons. The molecule has 0 aliphatic carbocycles. The third-order valence-corrected chi connectivity index (χ3v) is 1.56. The van der Waals surface area contributed by atoms with Crippen molar-refractivity contribution in [3.05, 3.63) is 0 Å². The summed E-state index contributed by atoms with van der Waals surface area (Å²) < 4.78 is 10.2. The van der Waals surface area contributed by atoms with Gasteiger partial charge in [-0.15, -0.1) is 0 Å². The number of hydrogen-bond donors (Lipinski definition) is 1. The number of carbonyl (C=O) groups is 1. The molecule has 0 bridgehead atoms. The zero-order valence-corrected chi connectivity index (χ0v) is 7.58. The Hall–Kier alpha value is 0.0600. The maximum absolute atomic E-state index is 12.2. The van der Waals surface area contributed by atoms with E-state index in [9.17, 15) is 9.18 Å². The first-order valence-electron chi connectivity index (χ1n) is 2.05. The molecule has 0 saturated carbocycles. The van der Waals surface area contributed by atoms with Gasteiger partial charge in [0, 0.05) is 19.0 Å². The highest BCUT2D eigenvalue weighted by Gasteiger charge is 2.28. The van der Waals surface area contributed by atoms with Crippen LogP contribution in [0.25, 0.3) is 0 Å². The zero-order valence-electron chi connectivity index (χ0n) is 5.25. The summed E-state index contributed by atoms with van der Waals surface area (Å²) in [6, 6.07) is 0. The molecule has 0 aromatic heterocycles. The summed E-state index contributed by atoms with van der Waals surface area (Å²) in [6.45, 7) is 0. The lowest BCUT2D eigenvalue weighted by Crippen LogP contribution is -2.20. The Labute approximate surface area is 75.9 Å². The van der Waals surface area contributed by atoms with Crippen LogP contribution in [0, 0.1) is 0 Å². The minimum absolute atomic E-state index is 0. The van der Waals surface area contributed by atoms with E-state index in [-0.39, 0.29) is 16.7 Å². The predicted octanol–water partition coefficient (Wildman–Crippen LogP) is 2.46. The summed E-state index contributed by atoms with van der Waals surface area (Å²) in [5, 5.41) is 8.17. The minimum atomic E-state index is -2.59. The van der Waals surface area contributed by atoms with Crippen LogP contribution in [0.1, 0.15) is 0 Å². The molecule has 3 nitrogen and oxygen atoms in total. The normalized spacial score (nSPS) is 10.2. The zero-order chi connectivity index (χ0) is 8.36. The van der Waals surface area contributed by atoms with Crippen molar-refractivity contribution in [2.24, 2.45) is 0 Å². The fourth-order valence-electron chi connectivity index (χ4n) is 0.194. The van der Waals surface area contributed by atoms with Gasteiger partial charge in [0.1, 0.15) is 0 Å². The van der Waals surface area contributed by atoms with Gasteiger partial charge in [0.2, 0.25) is 0 Å². The number of carboxylic acid groups (broad SMARTS) is 1. The fraction of sp³-hybridized carbons (Fsp3) is 0.667. The number of halogens is 4. The molecule has 0 atom stereocenters. The second-order valence-corrected chi connectivity index (χ2v) is 4.29. The molecule has 0 unspecified atom stereocenters. The standard InChI is InChI=1S/C3H4Cl2FNO2S.FH/c1-7(2(8)9)10-3(4,5)6;/h1H3,(H,8,9);1H. The Morgan fingerprint density at radius 1 is 1.73 bits per heavy atom. The van der Waals surface area contributed by atoms with Gasteiger partial charge in [0.25, 0.3) is 0 Å². The Morgan fingerprint density at radius 3 is 2.18 bits per heavy atom. The molecule has 0 saturated heterocycles. The fourth-order valence-corrected chi connectivity index (χ4v) is 1.20. The average molecular weight is 228 g/mol. The van der Waals surface area contributed by atoms with Gasteiger partial charge in [-0.05, 0) is 0 Å². The van der Waals surface area contributed by atoms with Gasteiger partial charge in [-0.25, -0.2) is 9.10 Å². The van der Waals surface area contributed by atoms with Crippen LogP contribution in [0.3, 0.4) is 0 Å². The van der Waals surface area contributed by atoms with Crippen molar-refractivity contribution >= 4 is 41.2 Å². The minimum Gasteiger partial charge on any atom is -0.464 e. The largest absolute Gasteiger partial charge is 0.464 e. The van der Waals surface area contributed by atoms with E-state index >= 15 is 0 Å². The van der Waals surface area contributed by atoms with E-state index < -0.39 is 10.0 Å². The number of hydrogen-bond acceptors (Lipinski definition) is 2. The van der Waals surface area contributed by atoms with Crippen molar-refractivity contribution in [1.82, 2.24) is 4.31 Å². The molecule has 0 spiro atoms. The summed E-state index contributed by atoms with van der Waals surface area (Å²) in [5.74, 6) is 0. The van der Waals surface area contributed by atoms with Crippen LogP contribution in [0.4, 0.5) is 13.9 Å². The van der Waals surface area contributed by atoms with Gasteiger partial charge >= 0.3 is 10.0 Å². The molecular weight excluding hydrogens is 223 g/mol. The molecule has 0 aliphatic heterocycles. The van der Waals surface area contributed by atoms with Crippen molar-refractivity contribution in [3.8, 4) is 0 Å². The van der Waals surface area contributed by atoms with Crippen molar-refractivity contribution in [2.45, 2.75) is 3.92 Å². The van der Waals surface area contributed by atoms with Crippen molar-refractivity contribution in [1.29, 1.82) is 0 Å². The second-order valence-electron chi connectivity index (χ2n) is 1.32. The van der Waals surface area contributed by atoms with E-state index in [4.69, 9.17) is 28.3 Å². The van der Waals surface area contributed by atoms with Crippen molar-refractivity contribution in [3.63, 3.8) is 0 Å². The van der Waals surface area contributed by atoms with E-state index in [0.717, 1.165) is 7.05 Å². The van der Waals surface area contributed by atoms with Crippen LogP contribution in [-0.4, -0.2) is 26.5 Å². The summed E-state index contributed by atoms with van der Waals surface area (Å²) in [5.41, 5.74) is 0. The second kappa shape index (κ2) is 4.84. The van der Waals surface area contributed by atoms with Gasteiger partial charge in [-0.3, -0.25) is 4.70 Å². The van der Waals surface area contributed by atoms with E-state index in [2.05, 4.69) is 0 Å². The highest BCUT2D eigenvalue weighted by molar-refractivity contribution is 8.01. The third-order valence-electron chi connectivity index (χ3n) is 0.510. The monoisotopic (exact) mass is 227 g/mol. The summed E-state index contributed by atoms with van der Waals surface area (Å²) in [4.78, 5) is 10.00. The Bertz CT molecular complexity index is 142. The van der Waals surface area contributed by atoms with Gasteiger partial charge in [0.15, 0.2) is 0 Å². The lowest BCUT2D eigenvalue weighted by atomic mass is 11.1. The predicted molar refractivity (Wildman–Crippen MR) is 41.4 cm³/mol. The van der Waals surface area contributed by atoms with Gasteiger partial charge in [-0.1, -0.05) is 23.2 Å². The summed E-state index contributed by atoms with van der Waals surface area (Å²) in [7, 11) is 1.13. The van der Waals surface area contributed by atoms with E-state index in [0.29, 0.717) is 4.31 Å². The van der Waals surface area contributed by atoms with Crippen molar-refractivity contribution < 1.29 is 19.0 Å². The molecule has 0 aliphatic rings. The average Bonchev–Trinajstić information content (AvgIpc) is 1.60. The van der Waals surface area contributed by atoms with Crippen LogP contribution in [-0.2, 0) is 0 Å². The van der Waals surface area contributed by atoms with E-state index in [1.54, 1.807) is 0 Å². The molecular formula is C3H5Cl2F2NO2S. The van der Waals surface area contributed by atoms with E-state index in [1.807, 2.05) is 0 Å². The number of amides is 1. The first-order chi connectivity index (χ1) is 4.33. The SMILES string of the molecule is CN(SC(F)(Cl)Cl)C(=O)O.F. The van der Waals surface area contributed by atoms with E-state index in [1.165, 1.54) is 0 Å². The Kier molecular flexibility index (Phi) is 6.00. The van der Waals surface area contributed by atoms with Crippen molar-refractivity contribution in [2.75, 3.05) is 7.05 Å². The molecule has 1 amide bonds. The number of rotatable bonds is 2. The number of alkyl halides is 3. The maximum Gasteiger partial charge on any atom is 0.417 e. The smallest absolute Gasteiger partial charge is 0.417 e. The molecule has 0 aromatic carbocycles. The molecule has 0 rings (SSSR count). The first kappa shape index (κ1) is 13.6. The molecule has 8 heteroatoms. The van der Waals surface area contributed by atoms with Crippen LogP contribution in [0.2, 0.25) is 0 Å². The van der Waals surface area contributed by atoms with Gasteiger partial charge in [0.05, 0.1) is 0 Å². The molecule has 0 aromatic rings. The lowest BCUT2D eigenvalue weighted by molar-refractivity contribution is 0.180. The summed E-state index contributed by atoms with van der Waals surface area (Å²) in [6.07, 6.45) is -1.31. The topological polar surface area (TPSA) is 40.5 Å².